The first-order valence-electron chi connectivity index (χ1n) is 7.00. The molecule has 0 aromatic rings. The van der Waals surface area contributed by atoms with Crippen LogP contribution in [0.4, 0.5) is 0 Å². The Morgan fingerprint density at radius 3 is 1.33 bits per heavy atom. The zero-order valence-corrected chi connectivity index (χ0v) is 15.8. The van der Waals surface area contributed by atoms with Crippen LogP contribution >= 0.6 is 18.8 Å². The molecule has 2 heterocycles. The van der Waals surface area contributed by atoms with Gasteiger partial charge in [-0.2, -0.15) is 10.5 Å². The van der Waals surface area contributed by atoms with Gasteiger partial charge in [-0.05, 0) is 37.5 Å². The van der Waals surface area contributed by atoms with E-state index in [2.05, 4.69) is 12.1 Å². The van der Waals surface area contributed by atoms with E-state index in [1.165, 1.54) is 0 Å². The van der Waals surface area contributed by atoms with Gasteiger partial charge in [0, 0.05) is 39.3 Å². The third-order valence-electron chi connectivity index (χ3n) is 3.44. The minimum atomic E-state index is -0.472. The van der Waals surface area contributed by atoms with Gasteiger partial charge in [0.2, 0.25) is 0 Å². The van der Waals surface area contributed by atoms with Crippen molar-refractivity contribution >= 4 is 18.8 Å². The summed E-state index contributed by atoms with van der Waals surface area (Å²) in [5.41, 5.74) is 0. The van der Waals surface area contributed by atoms with Gasteiger partial charge in [0.1, 0.15) is 0 Å². The van der Waals surface area contributed by atoms with Gasteiger partial charge < -0.3 is 9.47 Å². The van der Waals surface area contributed by atoms with E-state index in [9.17, 15) is 0 Å². The number of ether oxygens (including phenoxy) is 2. The molecule has 21 heavy (non-hydrogen) atoms. The summed E-state index contributed by atoms with van der Waals surface area (Å²) in [6.45, 7) is 3.41. The van der Waals surface area contributed by atoms with E-state index in [1.807, 2.05) is 0 Å². The van der Waals surface area contributed by atoms with E-state index >= 15 is 0 Å². The Hall–Kier alpha value is 0.168. The van der Waals surface area contributed by atoms with Crippen LogP contribution < -0.4 is 0 Å². The van der Waals surface area contributed by atoms with Crippen molar-refractivity contribution in [2.45, 2.75) is 38.5 Å². The summed E-state index contributed by atoms with van der Waals surface area (Å²) in [5, 5.41) is 16.7. The fourth-order valence-electron chi connectivity index (χ4n) is 2.16. The summed E-state index contributed by atoms with van der Waals surface area (Å²) in [6, 6.07) is 4.36. The molecule has 0 aliphatic carbocycles. The summed E-state index contributed by atoms with van der Waals surface area (Å²) in [7, 11) is 9.75. The standard InChI is InChI=1S/2C7H11NO.2ClH.Pt/c2*8-4-1-7-2-5-9-6-3-7;;;/h2*7H,1-3,5-6H2;2*1H;/q;;;;+2/p-2. The van der Waals surface area contributed by atoms with Crippen LogP contribution in [-0.2, 0) is 26.0 Å². The number of nitrogens with zero attached hydrogens (tertiary/aromatic N) is 2. The second kappa shape index (κ2) is 16.5. The monoisotopic (exact) mass is 515 g/mol. The van der Waals surface area contributed by atoms with Crippen LogP contribution in [0, 0.1) is 34.5 Å². The van der Waals surface area contributed by atoms with Crippen LogP contribution in [0.3, 0.4) is 0 Å². The fraction of sp³-hybridized carbons (Fsp3) is 0.857. The van der Waals surface area contributed by atoms with Crippen LogP contribution in [0.1, 0.15) is 38.5 Å². The molecule has 0 spiro atoms. The molecule has 7 heteroatoms. The number of hydrogen-bond acceptors (Lipinski definition) is 4. The zero-order chi connectivity index (χ0) is 15.8. The van der Waals surface area contributed by atoms with E-state index in [-0.39, 0.29) is 0 Å². The summed E-state index contributed by atoms with van der Waals surface area (Å²) < 4.78 is 10.3. The van der Waals surface area contributed by atoms with Crippen molar-refractivity contribution in [3.8, 4) is 12.1 Å². The second-order valence-corrected chi connectivity index (χ2v) is 8.16. The molecule has 0 radical (unpaired) electrons. The molecule has 0 aromatic heterocycles. The Morgan fingerprint density at radius 1 is 0.810 bits per heavy atom. The normalized spacial score (nSPS) is 19.2. The molecule has 4 nitrogen and oxygen atoms in total. The van der Waals surface area contributed by atoms with Gasteiger partial charge >= 0.3 is 35.3 Å². The molecule has 0 saturated carbocycles. The van der Waals surface area contributed by atoms with Gasteiger partial charge in [0.25, 0.3) is 0 Å². The molecule has 0 atom stereocenters. The molecule has 2 fully saturated rings. The van der Waals surface area contributed by atoms with Gasteiger partial charge in [-0.15, -0.1) is 0 Å². The van der Waals surface area contributed by atoms with Crippen molar-refractivity contribution in [2.24, 2.45) is 11.8 Å². The number of nitriles is 2. The Bertz CT molecular complexity index is 279. The number of hydrogen-bond donors (Lipinski definition) is 0. The van der Waals surface area contributed by atoms with Crippen LogP contribution in [0.25, 0.3) is 0 Å². The molecule has 2 saturated heterocycles. The average molecular weight is 516 g/mol. The maximum atomic E-state index is 8.33. The molecule has 2 rings (SSSR count). The Kier molecular flexibility index (Phi) is 16.7. The first kappa shape index (κ1) is 21.2. The summed E-state index contributed by atoms with van der Waals surface area (Å²) in [5.74, 6) is 1.23. The summed E-state index contributed by atoms with van der Waals surface area (Å²) in [6.07, 6.45) is 5.73. The quantitative estimate of drug-likeness (QED) is 0.556. The Labute approximate surface area is 144 Å². The van der Waals surface area contributed by atoms with E-state index in [4.69, 9.17) is 38.8 Å². The minimum absolute atomic E-state index is 0.472. The molecule has 2 aliphatic heterocycles. The number of halogens is 2. The van der Waals surface area contributed by atoms with Crippen molar-refractivity contribution in [1.29, 1.82) is 10.5 Å². The van der Waals surface area contributed by atoms with Gasteiger partial charge in [-0.25, -0.2) is 0 Å². The number of rotatable bonds is 2. The van der Waals surface area contributed by atoms with E-state index in [0.29, 0.717) is 24.7 Å². The molecule has 2 aliphatic rings. The van der Waals surface area contributed by atoms with Crippen molar-refractivity contribution in [1.82, 2.24) is 0 Å². The third kappa shape index (κ3) is 13.5. The summed E-state index contributed by atoms with van der Waals surface area (Å²) in [4.78, 5) is 0. The molecule has 0 unspecified atom stereocenters. The summed E-state index contributed by atoms with van der Waals surface area (Å²) >= 11 is -0.472. The van der Waals surface area contributed by atoms with Crippen LogP contribution in [0.5, 0.6) is 0 Å². The molecule has 0 bridgehead atoms. The Morgan fingerprint density at radius 2 is 1.10 bits per heavy atom. The second-order valence-electron chi connectivity index (χ2n) is 4.88. The van der Waals surface area contributed by atoms with E-state index in [0.717, 1.165) is 52.1 Å². The van der Waals surface area contributed by atoms with E-state index in [1.54, 1.807) is 0 Å². The van der Waals surface area contributed by atoms with Crippen molar-refractivity contribution in [2.75, 3.05) is 26.4 Å². The van der Waals surface area contributed by atoms with E-state index < -0.39 is 16.5 Å². The zero-order valence-electron chi connectivity index (χ0n) is 12.0. The molecule has 0 N–H and O–H groups in total. The SMILES string of the molecule is N#CCC1CCOCC1.N#CCC1CCOCC1.[Cl][Pt][Cl]. The molecule has 0 amide bonds. The van der Waals surface area contributed by atoms with Crippen molar-refractivity contribution < 1.29 is 26.0 Å². The molecule has 0 aromatic carbocycles. The topological polar surface area (TPSA) is 66.0 Å². The van der Waals surface area contributed by atoms with Gasteiger partial charge in [0.05, 0.1) is 12.1 Å². The molecular weight excluding hydrogens is 494 g/mol. The van der Waals surface area contributed by atoms with Gasteiger partial charge in [-0.3, -0.25) is 0 Å². The van der Waals surface area contributed by atoms with Crippen LogP contribution in [-0.4, -0.2) is 26.4 Å². The average Bonchev–Trinajstić information content (AvgIpc) is 2.52. The third-order valence-corrected chi connectivity index (χ3v) is 3.44. The maximum absolute atomic E-state index is 8.33. The van der Waals surface area contributed by atoms with Gasteiger partial charge in [-0.1, -0.05) is 0 Å². The molecular formula is C14H22Cl2N2O2Pt. The van der Waals surface area contributed by atoms with Crippen LogP contribution in [0.15, 0.2) is 0 Å². The van der Waals surface area contributed by atoms with Crippen LogP contribution in [0.2, 0.25) is 0 Å². The predicted molar refractivity (Wildman–Crippen MR) is 79.3 cm³/mol. The predicted octanol–water partition coefficient (Wildman–Crippen LogP) is 4.03. The van der Waals surface area contributed by atoms with Crippen molar-refractivity contribution in [3.63, 3.8) is 0 Å². The first-order valence-corrected chi connectivity index (χ1v) is 12.6. The van der Waals surface area contributed by atoms with Crippen molar-refractivity contribution in [3.05, 3.63) is 0 Å². The molecule has 124 valence electrons. The first-order chi connectivity index (χ1) is 10.3. The Balaban J connectivity index is 0.000000322. The fourth-order valence-corrected chi connectivity index (χ4v) is 2.16. The van der Waals surface area contributed by atoms with Gasteiger partial charge in [0.15, 0.2) is 0 Å².